The quantitative estimate of drug-likeness (QED) is 0.775. The minimum Gasteiger partial charge on any atom is -0.396 e. The van der Waals surface area contributed by atoms with Gasteiger partial charge in [-0.1, -0.05) is 18.2 Å². The number of aliphatic hydroxyl groups is 1. The molecule has 102 valence electrons. The van der Waals surface area contributed by atoms with Gasteiger partial charge in [0.25, 0.3) is 0 Å². The maximum absolute atomic E-state index is 12.1. The Labute approximate surface area is 112 Å². The molecule has 0 aliphatic carbocycles. The molecule has 1 aliphatic rings. The molecule has 1 atom stereocenters. The van der Waals surface area contributed by atoms with Crippen molar-refractivity contribution in [3.05, 3.63) is 29.8 Å². The number of hydrogen-bond acceptors (Lipinski definition) is 3. The molecule has 1 aromatic rings. The Kier molecular flexibility index (Phi) is 4.16. The Morgan fingerprint density at radius 3 is 2.84 bits per heavy atom. The molecule has 2 amide bonds. The molecule has 19 heavy (non-hydrogen) atoms. The van der Waals surface area contributed by atoms with Gasteiger partial charge in [0.1, 0.15) is 6.04 Å². The normalized spacial score (nSPS) is 17.2. The number of para-hydroxylation sites is 1. The van der Waals surface area contributed by atoms with Gasteiger partial charge in [-0.15, -0.1) is 0 Å². The molecule has 1 aromatic carbocycles. The third-order valence-electron chi connectivity index (χ3n) is 3.25. The molecule has 1 aliphatic heterocycles. The van der Waals surface area contributed by atoms with Crippen LogP contribution in [0, 0.1) is 0 Å². The predicted molar refractivity (Wildman–Crippen MR) is 71.8 cm³/mol. The average Bonchev–Trinajstić information content (AvgIpc) is 2.78. The van der Waals surface area contributed by atoms with Gasteiger partial charge in [-0.2, -0.15) is 0 Å². The lowest BCUT2D eigenvalue weighted by molar-refractivity contribution is -0.125. The van der Waals surface area contributed by atoms with Crippen LogP contribution < -0.4 is 10.2 Å². The van der Waals surface area contributed by atoms with Gasteiger partial charge in [0, 0.05) is 32.2 Å². The number of amides is 2. The van der Waals surface area contributed by atoms with Crippen molar-refractivity contribution < 1.29 is 14.7 Å². The molecule has 2 rings (SSSR count). The highest BCUT2D eigenvalue weighted by Crippen LogP contribution is 2.32. The van der Waals surface area contributed by atoms with Gasteiger partial charge < -0.3 is 10.4 Å². The Morgan fingerprint density at radius 1 is 1.42 bits per heavy atom. The lowest BCUT2D eigenvalue weighted by Crippen LogP contribution is -2.47. The largest absolute Gasteiger partial charge is 0.396 e. The lowest BCUT2D eigenvalue weighted by Gasteiger charge is -2.23. The summed E-state index contributed by atoms with van der Waals surface area (Å²) in [7, 11) is 0. The number of fused-ring (bicyclic) bond motifs is 1. The van der Waals surface area contributed by atoms with Crippen LogP contribution in [-0.4, -0.2) is 36.1 Å². The summed E-state index contributed by atoms with van der Waals surface area (Å²) in [5, 5.41) is 11.5. The van der Waals surface area contributed by atoms with Gasteiger partial charge in [-0.05, 0) is 18.1 Å². The van der Waals surface area contributed by atoms with Gasteiger partial charge in [-0.3, -0.25) is 14.5 Å². The summed E-state index contributed by atoms with van der Waals surface area (Å²) >= 11 is 0. The minimum absolute atomic E-state index is 0.0432. The zero-order valence-electron chi connectivity index (χ0n) is 10.9. The van der Waals surface area contributed by atoms with Crippen molar-refractivity contribution in [3.8, 4) is 0 Å². The van der Waals surface area contributed by atoms with Crippen LogP contribution in [0.3, 0.4) is 0 Å². The number of carbonyl (C=O) groups excluding carboxylic acids is 2. The van der Waals surface area contributed by atoms with E-state index in [1.807, 2.05) is 24.3 Å². The number of rotatable bonds is 4. The molecule has 5 heteroatoms. The van der Waals surface area contributed by atoms with E-state index in [1.54, 1.807) is 4.90 Å². The van der Waals surface area contributed by atoms with Crippen molar-refractivity contribution in [2.45, 2.75) is 25.8 Å². The van der Waals surface area contributed by atoms with E-state index in [4.69, 9.17) is 5.11 Å². The van der Waals surface area contributed by atoms with Crippen LogP contribution in [0.4, 0.5) is 5.69 Å². The predicted octanol–water partition coefficient (Wildman–Crippen LogP) is 0.463. The van der Waals surface area contributed by atoms with E-state index in [0.717, 1.165) is 11.3 Å². The molecule has 5 nitrogen and oxygen atoms in total. The van der Waals surface area contributed by atoms with E-state index in [0.29, 0.717) is 19.4 Å². The fraction of sp³-hybridized carbons (Fsp3) is 0.429. The van der Waals surface area contributed by atoms with Gasteiger partial charge in [0.15, 0.2) is 0 Å². The highest BCUT2D eigenvalue weighted by Gasteiger charge is 2.36. The highest BCUT2D eigenvalue weighted by atomic mass is 16.3. The van der Waals surface area contributed by atoms with Crippen LogP contribution in [0.15, 0.2) is 24.3 Å². The SMILES string of the molecule is CC(=O)N1c2ccccc2C[C@H]1C(=O)NCCCO. The summed E-state index contributed by atoms with van der Waals surface area (Å²) in [5.41, 5.74) is 1.83. The second kappa shape index (κ2) is 5.84. The van der Waals surface area contributed by atoms with E-state index in [2.05, 4.69) is 5.32 Å². The number of hydrogen-bond donors (Lipinski definition) is 2. The molecule has 0 aromatic heterocycles. The molecule has 0 fully saturated rings. The maximum atomic E-state index is 12.1. The van der Waals surface area contributed by atoms with Gasteiger partial charge >= 0.3 is 0 Å². The standard InChI is InChI=1S/C14H18N2O3/c1-10(18)16-12-6-3-2-5-11(12)9-13(16)14(19)15-7-4-8-17/h2-3,5-6,13,17H,4,7-9H2,1H3,(H,15,19)/t13-/m0/s1. The van der Waals surface area contributed by atoms with E-state index in [-0.39, 0.29) is 18.4 Å². The summed E-state index contributed by atoms with van der Waals surface area (Å²) in [6.07, 6.45) is 1.06. The summed E-state index contributed by atoms with van der Waals surface area (Å²) in [4.78, 5) is 25.4. The van der Waals surface area contributed by atoms with Crippen molar-refractivity contribution >= 4 is 17.5 Å². The lowest BCUT2D eigenvalue weighted by atomic mass is 10.1. The first-order valence-corrected chi connectivity index (χ1v) is 6.41. The van der Waals surface area contributed by atoms with Crippen molar-refractivity contribution in [2.24, 2.45) is 0 Å². The van der Waals surface area contributed by atoms with Crippen molar-refractivity contribution in [3.63, 3.8) is 0 Å². The van der Waals surface area contributed by atoms with E-state index < -0.39 is 6.04 Å². The van der Waals surface area contributed by atoms with Crippen molar-refractivity contribution in [1.29, 1.82) is 0 Å². The molecule has 0 radical (unpaired) electrons. The molecule has 0 unspecified atom stereocenters. The molecular weight excluding hydrogens is 244 g/mol. The molecule has 0 bridgehead atoms. The molecular formula is C14H18N2O3. The zero-order chi connectivity index (χ0) is 13.8. The average molecular weight is 262 g/mol. The highest BCUT2D eigenvalue weighted by molar-refractivity contribution is 6.02. The van der Waals surface area contributed by atoms with Crippen LogP contribution >= 0.6 is 0 Å². The van der Waals surface area contributed by atoms with Crippen LogP contribution in [0.5, 0.6) is 0 Å². The molecule has 0 saturated carbocycles. The second-order valence-corrected chi connectivity index (χ2v) is 4.61. The third kappa shape index (κ3) is 2.76. The van der Waals surface area contributed by atoms with Gasteiger partial charge in [-0.25, -0.2) is 0 Å². The maximum Gasteiger partial charge on any atom is 0.243 e. The first-order chi connectivity index (χ1) is 9.15. The van der Waals surface area contributed by atoms with Crippen molar-refractivity contribution in [1.82, 2.24) is 5.32 Å². The molecule has 2 N–H and O–H groups in total. The Bertz CT molecular complexity index is 487. The fourth-order valence-corrected chi connectivity index (χ4v) is 2.39. The third-order valence-corrected chi connectivity index (χ3v) is 3.25. The van der Waals surface area contributed by atoms with Crippen LogP contribution in [-0.2, 0) is 16.0 Å². The van der Waals surface area contributed by atoms with Crippen LogP contribution in [0.25, 0.3) is 0 Å². The van der Waals surface area contributed by atoms with Gasteiger partial charge in [0.2, 0.25) is 11.8 Å². The van der Waals surface area contributed by atoms with Crippen molar-refractivity contribution in [2.75, 3.05) is 18.1 Å². The first kappa shape index (κ1) is 13.5. The fourth-order valence-electron chi connectivity index (χ4n) is 2.39. The zero-order valence-corrected chi connectivity index (χ0v) is 10.9. The number of nitrogens with one attached hydrogen (secondary N) is 1. The Balaban J connectivity index is 2.14. The summed E-state index contributed by atoms with van der Waals surface area (Å²) in [6.45, 7) is 1.94. The first-order valence-electron chi connectivity index (χ1n) is 6.41. The van der Waals surface area contributed by atoms with Gasteiger partial charge in [0.05, 0.1) is 0 Å². The number of carbonyl (C=O) groups is 2. The number of anilines is 1. The summed E-state index contributed by atoms with van der Waals surface area (Å²) < 4.78 is 0. The second-order valence-electron chi connectivity index (χ2n) is 4.61. The number of benzene rings is 1. The monoisotopic (exact) mass is 262 g/mol. The smallest absolute Gasteiger partial charge is 0.243 e. The summed E-state index contributed by atoms with van der Waals surface area (Å²) in [5.74, 6) is -0.299. The van der Waals surface area contributed by atoms with E-state index in [1.165, 1.54) is 6.92 Å². The van der Waals surface area contributed by atoms with E-state index in [9.17, 15) is 9.59 Å². The van der Waals surface area contributed by atoms with Crippen LogP contribution in [0.2, 0.25) is 0 Å². The minimum atomic E-state index is -0.478. The Morgan fingerprint density at radius 2 is 2.16 bits per heavy atom. The molecule has 1 heterocycles. The summed E-state index contributed by atoms with van der Waals surface area (Å²) in [6, 6.07) is 7.09. The Hall–Kier alpha value is -1.88. The number of nitrogens with zero attached hydrogens (tertiary/aromatic N) is 1. The van der Waals surface area contributed by atoms with E-state index >= 15 is 0 Å². The molecule has 0 spiro atoms. The number of aliphatic hydroxyl groups excluding tert-OH is 1. The van der Waals surface area contributed by atoms with Crippen LogP contribution in [0.1, 0.15) is 18.9 Å². The topological polar surface area (TPSA) is 69.6 Å². The molecule has 0 saturated heterocycles.